The largest absolute Gasteiger partial charge is 0.325 e. The number of likely N-dealkylation sites (tertiary alicyclic amines) is 1. The third kappa shape index (κ3) is 2.43. The van der Waals surface area contributed by atoms with Crippen molar-refractivity contribution in [1.29, 1.82) is 5.26 Å². The van der Waals surface area contributed by atoms with Crippen molar-refractivity contribution in [3.8, 4) is 6.07 Å². The lowest BCUT2D eigenvalue weighted by Crippen LogP contribution is -2.23. The van der Waals surface area contributed by atoms with Gasteiger partial charge in [-0.15, -0.1) is 0 Å². The third-order valence-corrected chi connectivity index (χ3v) is 4.65. The van der Waals surface area contributed by atoms with Crippen LogP contribution in [-0.2, 0) is 6.42 Å². The quantitative estimate of drug-likeness (QED) is 0.865. The van der Waals surface area contributed by atoms with Gasteiger partial charge in [0.2, 0.25) is 0 Å². The molecule has 1 aromatic heterocycles. The number of imidazole rings is 1. The molecule has 4 heteroatoms. The molecule has 1 saturated carbocycles. The zero-order valence-corrected chi connectivity index (χ0v) is 12.3. The molecule has 1 aromatic carbocycles. The van der Waals surface area contributed by atoms with Gasteiger partial charge in [0.15, 0.2) is 0 Å². The Balaban J connectivity index is 1.66. The van der Waals surface area contributed by atoms with Crippen molar-refractivity contribution in [1.82, 2.24) is 14.5 Å². The van der Waals surface area contributed by atoms with Crippen molar-refractivity contribution in [3.63, 3.8) is 0 Å². The molecule has 0 spiro atoms. The predicted molar refractivity (Wildman–Crippen MR) is 82.1 cm³/mol. The van der Waals surface area contributed by atoms with Crippen LogP contribution in [0.15, 0.2) is 18.2 Å². The molecule has 0 radical (unpaired) electrons. The van der Waals surface area contributed by atoms with E-state index in [1.165, 1.54) is 50.1 Å². The average Bonchev–Trinajstić information content (AvgIpc) is 3.09. The van der Waals surface area contributed by atoms with Crippen LogP contribution >= 0.6 is 0 Å². The van der Waals surface area contributed by atoms with Gasteiger partial charge in [0.25, 0.3) is 0 Å². The number of hydrogen-bond donors (Lipinski definition) is 0. The van der Waals surface area contributed by atoms with E-state index in [0.717, 1.165) is 18.5 Å². The zero-order valence-electron chi connectivity index (χ0n) is 12.3. The molecule has 2 heterocycles. The Morgan fingerprint density at radius 3 is 2.76 bits per heavy atom. The first kappa shape index (κ1) is 12.8. The van der Waals surface area contributed by atoms with E-state index in [9.17, 15) is 0 Å². The summed E-state index contributed by atoms with van der Waals surface area (Å²) in [5.74, 6) is 1.20. The Hall–Kier alpha value is -1.86. The summed E-state index contributed by atoms with van der Waals surface area (Å²) < 4.78 is 2.42. The van der Waals surface area contributed by atoms with Crippen LogP contribution in [0, 0.1) is 11.3 Å². The van der Waals surface area contributed by atoms with Crippen LogP contribution in [0.5, 0.6) is 0 Å². The number of nitrogens with zero attached hydrogens (tertiary/aromatic N) is 4. The molecular formula is C17H20N4. The van der Waals surface area contributed by atoms with Crippen molar-refractivity contribution in [2.75, 3.05) is 19.6 Å². The van der Waals surface area contributed by atoms with Gasteiger partial charge in [-0.2, -0.15) is 5.26 Å². The molecule has 0 atom stereocenters. The fourth-order valence-corrected chi connectivity index (χ4v) is 3.40. The van der Waals surface area contributed by atoms with Crippen molar-refractivity contribution >= 4 is 11.0 Å². The minimum absolute atomic E-state index is 0.636. The lowest BCUT2D eigenvalue weighted by atomic mass is 10.2. The van der Waals surface area contributed by atoms with Crippen molar-refractivity contribution in [2.24, 2.45) is 0 Å². The summed E-state index contributed by atoms with van der Waals surface area (Å²) in [6.45, 7) is 3.59. The molecule has 0 bridgehead atoms. The van der Waals surface area contributed by atoms with Crippen LogP contribution in [0.2, 0.25) is 0 Å². The molecule has 0 amide bonds. The van der Waals surface area contributed by atoms with Gasteiger partial charge in [0.1, 0.15) is 5.82 Å². The van der Waals surface area contributed by atoms with Gasteiger partial charge in [0.05, 0.1) is 22.7 Å². The lowest BCUT2D eigenvalue weighted by molar-refractivity contribution is 0.339. The summed E-state index contributed by atoms with van der Waals surface area (Å²) in [4.78, 5) is 7.37. The number of fused-ring (bicyclic) bond motifs is 1. The van der Waals surface area contributed by atoms with Crippen LogP contribution in [0.25, 0.3) is 11.0 Å². The van der Waals surface area contributed by atoms with Gasteiger partial charge < -0.3 is 9.47 Å². The molecule has 4 rings (SSSR count). The van der Waals surface area contributed by atoms with Crippen LogP contribution < -0.4 is 0 Å². The fourth-order valence-electron chi connectivity index (χ4n) is 3.40. The molecule has 0 N–H and O–H groups in total. The van der Waals surface area contributed by atoms with Crippen molar-refractivity contribution in [2.45, 2.75) is 38.1 Å². The monoisotopic (exact) mass is 280 g/mol. The number of aromatic nitrogens is 2. The summed E-state index contributed by atoms with van der Waals surface area (Å²) in [6.07, 6.45) is 6.23. The smallest absolute Gasteiger partial charge is 0.111 e. The van der Waals surface area contributed by atoms with Gasteiger partial charge >= 0.3 is 0 Å². The topological polar surface area (TPSA) is 44.9 Å². The molecular weight excluding hydrogens is 260 g/mol. The molecule has 4 nitrogen and oxygen atoms in total. The highest BCUT2D eigenvalue weighted by atomic mass is 15.2. The standard InChI is InChI=1S/C17H20N4/c18-12-13-3-6-16-15(11-13)19-17(21(16)14-4-5-14)7-10-20-8-1-2-9-20/h3,6,11,14H,1-2,4-5,7-10H2. The maximum absolute atomic E-state index is 9.05. The number of rotatable bonds is 4. The van der Waals surface area contributed by atoms with Gasteiger partial charge in [0, 0.05) is 19.0 Å². The second-order valence-electron chi connectivity index (χ2n) is 6.24. The number of nitriles is 1. The molecule has 21 heavy (non-hydrogen) atoms. The summed E-state index contributed by atoms with van der Waals surface area (Å²) in [6, 6.07) is 8.75. The first-order valence-corrected chi connectivity index (χ1v) is 7.98. The van der Waals surface area contributed by atoms with Gasteiger partial charge in [-0.05, 0) is 57.0 Å². The van der Waals surface area contributed by atoms with E-state index in [1.807, 2.05) is 12.1 Å². The Morgan fingerprint density at radius 2 is 2.05 bits per heavy atom. The van der Waals surface area contributed by atoms with Crippen molar-refractivity contribution < 1.29 is 0 Å². The summed E-state index contributed by atoms with van der Waals surface area (Å²) in [5.41, 5.74) is 2.89. The fraction of sp³-hybridized carbons (Fsp3) is 0.529. The second kappa shape index (κ2) is 5.16. The van der Waals surface area contributed by atoms with Crippen LogP contribution in [-0.4, -0.2) is 34.1 Å². The Kier molecular flexibility index (Phi) is 3.16. The Labute approximate surface area is 125 Å². The van der Waals surface area contributed by atoms with Crippen molar-refractivity contribution in [3.05, 3.63) is 29.6 Å². The normalized spacial score (nSPS) is 19.2. The van der Waals surface area contributed by atoms with E-state index in [4.69, 9.17) is 10.2 Å². The highest BCUT2D eigenvalue weighted by Crippen LogP contribution is 2.39. The van der Waals surface area contributed by atoms with Gasteiger partial charge in [-0.3, -0.25) is 0 Å². The molecule has 2 aliphatic rings. The number of hydrogen-bond acceptors (Lipinski definition) is 3. The molecule has 108 valence electrons. The predicted octanol–water partition coefficient (Wildman–Crippen LogP) is 2.88. The van der Waals surface area contributed by atoms with E-state index in [-0.39, 0.29) is 0 Å². The summed E-state index contributed by atoms with van der Waals surface area (Å²) in [7, 11) is 0. The molecule has 0 unspecified atom stereocenters. The van der Waals surface area contributed by atoms with Gasteiger partial charge in [-0.1, -0.05) is 0 Å². The van der Waals surface area contributed by atoms with Crippen LogP contribution in [0.1, 0.15) is 43.1 Å². The summed E-state index contributed by atoms with van der Waals surface area (Å²) >= 11 is 0. The minimum Gasteiger partial charge on any atom is -0.325 e. The first-order chi connectivity index (χ1) is 10.3. The van der Waals surface area contributed by atoms with E-state index < -0.39 is 0 Å². The Bertz CT molecular complexity index is 699. The first-order valence-electron chi connectivity index (χ1n) is 7.98. The highest BCUT2D eigenvalue weighted by Gasteiger charge is 2.28. The molecule has 1 saturated heterocycles. The van der Waals surface area contributed by atoms with Crippen LogP contribution in [0.3, 0.4) is 0 Å². The maximum atomic E-state index is 9.05. The van der Waals surface area contributed by atoms with Crippen LogP contribution in [0.4, 0.5) is 0 Å². The van der Waals surface area contributed by atoms with E-state index in [0.29, 0.717) is 11.6 Å². The molecule has 1 aliphatic carbocycles. The second-order valence-corrected chi connectivity index (χ2v) is 6.24. The third-order valence-electron chi connectivity index (χ3n) is 4.65. The number of benzene rings is 1. The van der Waals surface area contributed by atoms with E-state index in [2.05, 4.69) is 21.6 Å². The molecule has 2 aromatic rings. The van der Waals surface area contributed by atoms with Gasteiger partial charge in [-0.25, -0.2) is 4.98 Å². The highest BCUT2D eigenvalue weighted by molar-refractivity contribution is 5.78. The molecule has 2 fully saturated rings. The average molecular weight is 280 g/mol. The summed E-state index contributed by atoms with van der Waals surface area (Å²) in [5, 5.41) is 9.05. The zero-order chi connectivity index (χ0) is 14.2. The lowest BCUT2D eigenvalue weighted by Gasteiger charge is -2.14. The van der Waals surface area contributed by atoms with E-state index >= 15 is 0 Å². The minimum atomic E-state index is 0.636. The van der Waals surface area contributed by atoms with E-state index in [1.54, 1.807) is 0 Å². The molecule has 1 aliphatic heterocycles. The maximum Gasteiger partial charge on any atom is 0.111 e. The Morgan fingerprint density at radius 1 is 1.24 bits per heavy atom. The SMILES string of the molecule is N#Cc1ccc2c(c1)nc(CCN1CCCC1)n2C1CC1.